The molecule has 110 valence electrons. The lowest BCUT2D eigenvalue weighted by Gasteiger charge is -2.09. The molecule has 1 N–H and O–H groups in total. The molecule has 1 saturated carbocycles. The topological polar surface area (TPSA) is 47.0 Å². The van der Waals surface area contributed by atoms with Crippen molar-refractivity contribution in [1.82, 2.24) is 15.3 Å². The summed E-state index contributed by atoms with van der Waals surface area (Å²) in [6, 6.07) is 8.79. The molecule has 1 heterocycles. The zero-order valence-corrected chi connectivity index (χ0v) is 12.5. The first-order chi connectivity index (χ1) is 10.2. The fraction of sp³-hybridized carbons (Fsp3) is 0.412. The molecule has 1 fully saturated rings. The number of ether oxygens (including phenoxy) is 1. The van der Waals surface area contributed by atoms with Crippen molar-refractivity contribution < 1.29 is 4.74 Å². The Kier molecular flexibility index (Phi) is 4.15. The number of nitrogens with zero attached hydrogens (tertiary/aromatic N) is 2. The monoisotopic (exact) mass is 283 g/mol. The van der Waals surface area contributed by atoms with E-state index in [1.54, 1.807) is 12.4 Å². The Labute approximate surface area is 125 Å². The van der Waals surface area contributed by atoms with Crippen LogP contribution in [0.25, 0.3) is 0 Å². The Morgan fingerprint density at radius 1 is 1.24 bits per heavy atom. The summed E-state index contributed by atoms with van der Waals surface area (Å²) in [6.07, 6.45) is 6.02. The van der Waals surface area contributed by atoms with Gasteiger partial charge in [-0.15, -0.1) is 0 Å². The van der Waals surface area contributed by atoms with E-state index in [9.17, 15) is 0 Å². The van der Waals surface area contributed by atoms with E-state index < -0.39 is 0 Å². The summed E-state index contributed by atoms with van der Waals surface area (Å²) >= 11 is 0. The summed E-state index contributed by atoms with van der Waals surface area (Å²) in [5.74, 6) is 1.82. The van der Waals surface area contributed by atoms with Crippen molar-refractivity contribution in [3.8, 4) is 11.6 Å². The van der Waals surface area contributed by atoms with Gasteiger partial charge in [-0.1, -0.05) is 26.0 Å². The summed E-state index contributed by atoms with van der Waals surface area (Å²) in [4.78, 5) is 8.70. The molecule has 0 unspecified atom stereocenters. The van der Waals surface area contributed by atoms with Gasteiger partial charge in [0, 0.05) is 12.6 Å². The van der Waals surface area contributed by atoms with Crippen LogP contribution < -0.4 is 10.1 Å². The summed E-state index contributed by atoms with van der Waals surface area (Å²) < 4.78 is 5.77. The van der Waals surface area contributed by atoms with Gasteiger partial charge in [-0.2, -0.15) is 0 Å². The third kappa shape index (κ3) is 4.02. The van der Waals surface area contributed by atoms with E-state index in [0.717, 1.165) is 18.0 Å². The molecule has 1 aliphatic rings. The number of hydrogen-bond donors (Lipinski definition) is 1. The molecule has 1 aromatic carbocycles. The van der Waals surface area contributed by atoms with Crippen LogP contribution in [0, 0.1) is 0 Å². The van der Waals surface area contributed by atoms with Gasteiger partial charge < -0.3 is 10.1 Å². The molecule has 0 bridgehead atoms. The Balaban J connectivity index is 1.62. The van der Waals surface area contributed by atoms with Gasteiger partial charge in [-0.3, -0.25) is 4.98 Å². The molecule has 21 heavy (non-hydrogen) atoms. The van der Waals surface area contributed by atoms with E-state index in [0.29, 0.717) is 17.8 Å². The van der Waals surface area contributed by atoms with E-state index in [-0.39, 0.29) is 0 Å². The van der Waals surface area contributed by atoms with Gasteiger partial charge in [-0.25, -0.2) is 4.98 Å². The largest absolute Gasteiger partial charge is 0.437 e. The van der Waals surface area contributed by atoms with Crippen LogP contribution in [-0.4, -0.2) is 16.0 Å². The van der Waals surface area contributed by atoms with Crippen LogP contribution in [0.3, 0.4) is 0 Å². The van der Waals surface area contributed by atoms with Crippen LogP contribution in [0.15, 0.2) is 36.7 Å². The maximum atomic E-state index is 5.77. The summed E-state index contributed by atoms with van der Waals surface area (Å²) in [7, 11) is 0. The van der Waals surface area contributed by atoms with E-state index in [1.807, 2.05) is 12.1 Å². The smallest absolute Gasteiger partial charge is 0.237 e. The second-order valence-electron chi connectivity index (χ2n) is 5.83. The quantitative estimate of drug-likeness (QED) is 0.879. The molecule has 4 heteroatoms. The highest BCUT2D eigenvalue weighted by Gasteiger charge is 2.20. The molecule has 4 nitrogen and oxygen atoms in total. The first kappa shape index (κ1) is 14.0. The van der Waals surface area contributed by atoms with Crippen molar-refractivity contribution in [3.63, 3.8) is 0 Å². The lowest BCUT2D eigenvalue weighted by atomic mass is 10.0. The van der Waals surface area contributed by atoms with Gasteiger partial charge in [0.2, 0.25) is 5.88 Å². The number of aromatic nitrogens is 2. The molecule has 0 saturated heterocycles. The lowest BCUT2D eigenvalue weighted by Crippen LogP contribution is -2.16. The minimum absolute atomic E-state index is 0.482. The molecule has 0 aliphatic heterocycles. The standard InChI is InChI=1S/C17H21N3O/c1-12(2)13-4-3-5-16(8-13)21-17-11-19-15(10-20-17)9-18-14-6-7-14/h3-5,8,10-12,14,18H,6-7,9H2,1-2H3. The van der Waals surface area contributed by atoms with E-state index in [2.05, 4.69) is 41.3 Å². The van der Waals surface area contributed by atoms with E-state index in [1.165, 1.54) is 18.4 Å². The third-order valence-corrected chi connectivity index (χ3v) is 3.58. The molecule has 0 atom stereocenters. The Morgan fingerprint density at radius 3 is 2.76 bits per heavy atom. The maximum Gasteiger partial charge on any atom is 0.237 e. The second-order valence-corrected chi connectivity index (χ2v) is 5.83. The van der Waals surface area contributed by atoms with Crippen molar-refractivity contribution in [2.75, 3.05) is 0 Å². The summed E-state index contributed by atoms with van der Waals surface area (Å²) in [6.45, 7) is 5.11. The predicted molar refractivity (Wildman–Crippen MR) is 82.5 cm³/mol. The normalized spacial score (nSPS) is 14.4. The van der Waals surface area contributed by atoms with Crippen LogP contribution in [0.5, 0.6) is 11.6 Å². The molecule has 3 rings (SSSR count). The Morgan fingerprint density at radius 2 is 2.10 bits per heavy atom. The minimum atomic E-state index is 0.482. The van der Waals surface area contributed by atoms with E-state index in [4.69, 9.17) is 4.74 Å². The zero-order chi connectivity index (χ0) is 14.7. The molecule has 1 aliphatic carbocycles. The van der Waals surface area contributed by atoms with Crippen LogP contribution in [-0.2, 0) is 6.54 Å². The van der Waals surface area contributed by atoms with Crippen LogP contribution in [0.1, 0.15) is 43.9 Å². The number of rotatable bonds is 6. The molecule has 2 aromatic rings. The molecule has 0 spiro atoms. The van der Waals surface area contributed by atoms with Gasteiger partial charge >= 0.3 is 0 Å². The molecule has 0 amide bonds. The summed E-state index contributed by atoms with van der Waals surface area (Å²) in [5.41, 5.74) is 2.20. The molecule has 0 radical (unpaired) electrons. The van der Waals surface area contributed by atoms with Crippen molar-refractivity contribution >= 4 is 0 Å². The number of hydrogen-bond acceptors (Lipinski definition) is 4. The average Bonchev–Trinajstić information content (AvgIpc) is 3.31. The fourth-order valence-electron chi connectivity index (χ4n) is 2.08. The molecular formula is C17H21N3O. The third-order valence-electron chi connectivity index (χ3n) is 3.58. The maximum absolute atomic E-state index is 5.77. The number of nitrogens with one attached hydrogen (secondary N) is 1. The van der Waals surface area contributed by atoms with Crippen molar-refractivity contribution in [2.24, 2.45) is 0 Å². The lowest BCUT2D eigenvalue weighted by molar-refractivity contribution is 0.457. The Bertz CT molecular complexity index is 591. The zero-order valence-electron chi connectivity index (χ0n) is 12.5. The van der Waals surface area contributed by atoms with Gasteiger partial charge in [0.25, 0.3) is 0 Å². The van der Waals surface area contributed by atoms with Gasteiger partial charge in [0.05, 0.1) is 18.1 Å². The van der Waals surface area contributed by atoms with Gasteiger partial charge in [0.15, 0.2) is 0 Å². The first-order valence-electron chi connectivity index (χ1n) is 7.53. The van der Waals surface area contributed by atoms with E-state index >= 15 is 0 Å². The van der Waals surface area contributed by atoms with Gasteiger partial charge in [0.1, 0.15) is 5.75 Å². The average molecular weight is 283 g/mol. The first-order valence-corrected chi connectivity index (χ1v) is 7.53. The number of benzene rings is 1. The van der Waals surface area contributed by atoms with Crippen LogP contribution in [0.2, 0.25) is 0 Å². The molecule has 1 aromatic heterocycles. The summed E-state index contributed by atoms with van der Waals surface area (Å²) in [5, 5.41) is 3.42. The van der Waals surface area contributed by atoms with Crippen LogP contribution >= 0.6 is 0 Å². The SMILES string of the molecule is CC(C)c1cccc(Oc2cnc(CNC3CC3)cn2)c1. The minimum Gasteiger partial charge on any atom is -0.437 e. The Hall–Kier alpha value is -1.94. The fourth-order valence-corrected chi connectivity index (χ4v) is 2.08. The van der Waals surface area contributed by atoms with Gasteiger partial charge in [-0.05, 0) is 36.5 Å². The predicted octanol–water partition coefficient (Wildman–Crippen LogP) is 3.64. The van der Waals surface area contributed by atoms with Crippen LogP contribution in [0.4, 0.5) is 0 Å². The highest BCUT2D eigenvalue weighted by Crippen LogP contribution is 2.24. The van der Waals surface area contributed by atoms with Crippen molar-refractivity contribution in [1.29, 1.82) is 0 Å². The highest BCUT2D eigenvalue weighted by atomic mass is 16.5. The van der Waals surface area contributed by atoms with Crippen molar-refractivity contribution in [2.45, 2.75) is 45.2 Å². The second kappa shape index (κ2) is 6.22. The molecular weight excluding hydrogens is 262 g/mol. The van der Waals surface area contributed by atoms with Crippen molar-refractivity contribution in [3.05, 3.63) is 47.9 Å². The highest BCUT2D eigenvalue weighted by molar-refractivity contribution is 5.32.